The molecule has 0 heterocycles. The zero-order chi connectivity index (χ0) is 19.3. The van der Waals surface area contributed by atoms with Gasteiger partial charge in [-0.3, -0.25) is 0 Å². The van der Waals surface area contributed by atoms with Gasteiger partial charge in [0.15, 0.2) is 0 Å². The molecule has 0 aliphatic heterocycles. The van der Waals surface area contributed by atoms with Crippen LogP contribution in [0.25, 0.3) is 0 Å². The lowest BCUT2D eigenvalue weighted by Crippen LogP contribution is -2.31. The number of rotatable bonds is 5. The molecule has 0 aliphatic rings. The van der Waals surface area contributed by atoms with Crippen molar-refractivity contribution >= 4 is 11.7 Å². The van der Waals surface area contributed by atoms with Crippen LogP contribution in [0.1, 0.15) is 24.1 Å². The van der Waals surface area contributed by atoms with Gasteiger partial charge >= 0.3 is 12.2 Å². The van der Waals surface area contributed by atoms with E-state index in [-0.39, 0.29) is 5.69 Å². The topological polar surface area (TPSA) is 59.6 Å². The van der Waals surface area contributed by atoms with E-state index < -0.39 is 23.8 Å². The molecule has 2 amide bonds. The third-order valence-corrected chi connectivity index (χ3v) is 3.72. The Kier molecular flexibility index (Phi) is 5.97. The van der Waals surface area contributed by atoms with Crippen molar-refractivity contribution < 1.29 is 27.4 Å². The lowest BCUT2D eigenvalue weighted by Gasteiger charge is -2.18. The zero-order valence-corrected chi connectivity index (χ0v) is 14.5. The molecule has 2 N–H and O–H groups in total. The number of nitrogens with one attached hydrogen (secondary N) is 2. The van der Waals surface area contributed by atoms with E-state index in [0.29, 0.717) is 17.1 Å². The fraction of sp³-hybridized carbons (Fsp3) is 0.278. The van der Waals surface area contributed by atoms with Gasteiger partial charge in [0, 0.05) is 11.3 Å². The van der Waals surface area contributed by atoms with Gasteiger partial charge in [-0.25, -0.2) is 4.79 Å². The minimum atomic E-state index is -4.42. The first-order chi connectivity index (χ1) is 12.2. The highest BCUT2D eigenvalue weighted by molar-refractivity contribution is 5.89. The zero-order valence-electron chi connectivity index (χ0n) is 14.5. The number of hydrogen-bond acceptors (Lipinski definition) is 3. The minimum absolute atomic E-state index is 0.250. The van der Waals surface area contributed by atoms with Gasteiger partial charge in [0.2, 0.25) is 0 Å². The summed E-state index contributed by atoms with van der Waals surface area (Å²) in [5.41, 5.74) is 0.174. The Morgan fingerprint density at radius 3 is 2.23 bits per heavy atom. The first-order valence-electron chi connectivity index (χ1n) is 7.71. The fourth-order valence-electron chi connectivity index (χ4n) is 2.36. The maximum Gasteiger partial charge on any atom is 0.416 e. The van der Waals surface area contributed by atoms with Gasteiger partial charge < -0.3 is 20.1 Å². The number of alkyl halides is 3. The summed E-state index contributed by atoms with van der Waals surface area (Å²) >= 11 is 0. The lowest BCUT2D eigenvalue weighted by atomic mass is 10.1. The molecule has 0 saturated heterocycles. The van der Waals surface area contributed by atoms with Crippen molar-refractivity contribution in [2.24, 2.45) is 0 Å². The average Bonchev–Trinajstić information content (AvgIpc) is 2.60. The highest BCUT2D eigenvalue weighted by Gasteiger charge is 2.30. The van der Waals surface area contributed by atoms with Gasteiger partial charge in [0.25, 0.3) is 0 Å². The van der Waals surface area contributed by atoms with Crippen molar-refractivity contribution in [3.05, 3.63) is 53.6 Å². The molecule has 1 unspecified atom stereocenters. The average molecular weight is 368 g/mol. The molecule has 0 spiro atoms. The van der Waals surface area contributed by atoms with E-state index in [2.05, 4.69) is 10.6 Å². The molecular weight excluding hydrogens is 349 g/mol. The molecule has 0 bridgehead atoms. The predicted octanol–water partition coefficient (Wildman–Crippen LogP) is 4.61. The molecule has 140 valence electrons. The van der Waals surface area contributed by atoms with Crippen LogP contribution in [-0.2, 0) is 6.18 Å². The first kappa shape index (κ1) is 19.4. The van der Waals surface area contributed by atoms with Gasteiger partial charge in [0.1, 0.15) is 11.5 Å². The van der Waals surface area contributed by atoms with Crippen LogP contribution < -0.4 is 20.1 Å². The second-order valence-electron chi connectivity index (χ2n) is 5.50. The molecule has 2 aromatic carbocycles. The van der Waals surface area contributed by atoms with E-state index in [9.17, 15) is 18.0 Å². The van der Waals surface area contributed by atoms with Gasteiger partial charge in [-0.2, -0.15) is 13.2 Å². The van der Waals surface area contributed by atoms with E-state index in [1.54, 1.807) is 25.1 Å². The van der Waals surface area contributed by atoms with E-state index >= 15 is 0 Å². The summed E-state index contributed by atoms with van der Waals surface area (Å²) in [5, 5.41) is 5.21. The maximum absolute atomic E-state index is 12.6. The highest BCUT2D eigenvalue weighted by Crippen LogP contribution is 2.30. The number of amides is 2. The minimum Gasteiger partial charge on any atom is -0.497 e. The first-order valence-corrected chi connectivity index (χ1v) is 7.71. The highest BCUT2D eigenvalue weighted by atomic mass is 19.4. The summed E-state index contributed by atoms with van der Waals surface area (Å²) in [6.45, 7) is 1.75. The van der Waals surface area contributed by atoms with E-state index in [1.807, 2.05) is 0 Å². The summed E-state index contributed by atoms with van der Waals surface area (Å²) in [6, 6.07) is 8.42. The third-order valence-electron chi connectivity index (χ3n) is 3.72. The van der Waals surface area contributed by atoms with Crippen LogP contribution in [-0.4, -0.2) is 20.3 Å². The maximum atomic E-state index is 12.6. The molecular formula is C18H19F3N2O3. The van der Waals surface area contributed by atoms with Gasteiger partial charge in [-0.1, -0.05) is 0 Å². The Labute approximate surface area is 149 Å². The molecule has 0 saturated carbocycles. The SMILES string of the molecule is COc1ccc(OC)c(C(C)NC(=O)Nc2ccc(C(F)(F)F)cc2)c1. The van der Waals surface area contributed by atoms with Crippen LogP contribution in [0.3, 0.4) is 0 Å². The van der Waals surface area contributed by atoms with Crippen molar-refractivity contribution in [1.82, 2.24) is 5.32 Å². The summed E-state index contributed by atoms with van der Waals surface area (Å²) in [6.07, 6.45) is -4.42. The monoisotopic (exact) mass is 368 g/mol. The van der Waals surface area contributed by atoms with Gasteiger partial charge in [0.05, 0.1) is 25.8 Å². The van der Waals surface area contributed by atoms with Crippen molar-refractivity contribution in [2.45, 2.75) is 19.1 Å². The quantitative estimate of drug-likeness (QED) is 0.811. The Bertz CT molecular complexity index is 761. The second kappa shape index (κ2) is 7.99. The summed E-state index contributed by atoms with van der Waals surface area (Å²) in [7, 11) is 3.04. The molecule has 2 aromatic rings. The van der Waals surface area contributed by atoms with Crippen molar-refractivity contribution in [1.29, 1.82) is 0 Å². The molecule has 26 heavy (non-hydrogen) atoms. The second-order valence-corrected chi connectivity index (χ2v) is 5.50. The van der Waals surface area contributed by atoms with Crippen molar-refractivity contribution in [2.75, 3.05) is 19.5 Å². The molecule has 8 heteroatoms. The van der Waals surface area contributed by atoms with E-state index in [0.717, 1.165) is 12.1 Å². The molecule has 5 nitrogen and oxygen atoms in total. The number of ether oxygens (including phenoxy) is 2. The largest absolute Gasteiger partial charge is 0.497 e. The van der Waals surface area contributed by atoms with Crippen LogP contribution in [0.15, 0.2) is 42.5 Å². The van der Waals surface area contributed by atoms with Crippen LogP contribution in [0, 0.1) is 0 Å². The molecule has 0 fully saturated rings. The van der Waals surface area contributed by atoms with Crippen molar-refractivity contribution in [3.8, 4) is 11.5 Å². The Morgan fingerprint density at radius 2 is 1.69 bits per heavy atom. The number of carbonyl (C=O) groups is 1. The van der Waals surface area contributed by atoms with Crippen LogP contribution in [0.5, 0.6) is 11.5 Å². The summed E-state index contributed by atoms with van der Waals surface area (Å²) in [5.74, 6) is 1.19. The summed E-state index contributed by atoms with van der Waals surface area (Å²) < 4.78 is 48.1. The van der Waals surface area contributed by atoms with E-state index in [1.165, 1.54) is 26.4 Å². The van der Waals surface area contributed by atoms with Crippen LogP contribution in [0.4, 0.5) is 23.7 Å². The van der Waals surface area contributed by atoms with Crippen LogP contribution in [0.2, 0.25) is 0 Å². The molecule has 1 atom stereocenters. The Hall–Kier alpha value is -2.90. The normalized spacial score (nSPS) is 12.2. The number of benzene rings is 2. The Morgan fingerprint density at radius 1 is 1.04 bits per heavy atom. The van der Waals surface area contributed by atoms with E-state index in [4.69, 9.17) is 9.47 Å². The number of hydrogen-bond donors (Lipinski definition) is 2. The molecule has 2 rings (SSSR count). The number of urea groups is 1. The number of halogens is 3. The summed E-state index contributed by atoms with van der Waals surface area (Å²) in [4.78, 5) is 12.1. The van der Waals surface area contributed by atoms with Gasteiger partial charge in [-0.15, -0.1) is 0 Å². The van der Waals surface area contributed by atoms with Crippen molar-refractivity contribution in [3.63, 3.8) is 0 Å². The predicted molar refractivity (Wildman–Crippen MR) is 91.6 cm³/mol. The van der Waals surface area contributed by atoms with Crippen LogP contribution >= 0.6 is 0 Å². The molecule has 0 aliphatic carbocycles. The Balaban J connectivity index is 2.05. The number of methoxy groups -OCH3 is 2. The third kappa shape index (κ3) is 4.81. The smallest absolute Gasteiger partial charge is 0.416 e. The van der Waals surface area contributed by atoms with Gasteiger partial charge in [-0.05, 0) is 49.4 Å². The fourth-order valence-corrected chi connectivity index (χ4v) is 2.36. The molecule has 0 radical (unpaired) electrons. The number of anilines is 1. The lowest BCUT2D eigenvalue weighted by molar-refractivity contribution is -0.137. The number of carbonyl (C=O) groups excluding carboxylic acids is 1. The standard InChI is InChI=1S/C18H19F3N2O3/c1-11(15-10-14(25-2)8-9-16(15)26-3)22-17(24)23-13-6-4-12(5-7-13)18(19,20)21/h4-11H,1-3H3,(H2,22,23,24). The molecule has 0 aromatic heterocycles.